The Morgan fingerprint density at radius 3 is 1.94 bits per heavy atom. The lowest BCUT2D eigenvalue weighted by atomic mass is 9.88. The highest BCUT2D eigenvalue weighted by Crippen LogP contribution is 2.31. The topological polar surface area (TPSA) is 74.6 Å². The molecule has 0 bridgehead atoms. The Labute approximate surface area is 206 Å². The summed E-state index contributed by atoms with van der Waals surface area (Å²) >= 11 is 0. The number of hydrogen-bond donors (Lipinski definition) is 2. The molecule has 0 heterocycles. The summed E-state index contributed by atoms with van der Waals surface area (Å²) in [5, 5.41) is 14.8. The summed E-state index contributed by atoms with van der Waals surface area (Å²) in [6.45, 7) is 2.19. The van der Waals surface area contributed by atoms with Crippen molar-refractivity contribution in [3.63, 3.8) is 0 Å². The molecule has 5 rings (SSSR count). The van der Waals surface area contributed by atoms with Crippen molar-refractivity contribution in [2.45, 2.75) is 19.8 Å². The maximum atomic E-state index is 9.64. The van der Waals surface area contributed by atoms with E-state index in [-0.39, 0.29) is 0 Å². The molecule has 0 spiro atoms. The highest BCUT2D eigenvalue weighted by Gasteiger charge is 2.12. The van der Waals surface area contributed by atoms with Crippen LogP contribution in [0.4, 0.5) is 0 Å². The molecule has 5 heteroatoms. The van der Waals surface area contributed by atoms with Crippen LogP contribution >= 0.6 is 0 Å². The monoisotopic (exact) mass is 484 g/mol. The first-order valence-electron chi connectivity index (χ1n) is 11.4. The van der Waals surface area contributed by atoms with Crippen molar-refractivity contribution < 1.29 is 18.1 Å². The van der Waals surface area contributed by atoms with Gasteiger partial charge in [0, 0.05) is 0 Å². The number of aryl methyl sites for hydroxylation is 1. The Hall–Kier alpha value is -3.67. The van der Waals surface area contributed by atoms with E-state index in [4.69, 9.17) is 4.55 Å². The third-order valence-corrected chi connectivity index (χ3v) is 6.05. The molecular formula is C30H28O4S. The molecule has 0 aliphatic rings. The van der Waals surface area contributed by atoms with Gasteiger partial charge in [0.25, 0.3) is 10.1 Å². The van der Waals surface area contributed by atoms with E-state index in [2.05, 4.69) is 79.7 Å². The highest BCUT2D eigenvalue weighted by atomic mass is 32.2. The van der Waals surface area contributed by atoms with E-state index in [1.54, 1.807) is 12.1 Å². The lowest BCUT2D eigenvalue weighted by molar-refractivity contribution is 0.475. The van der Waals surface area contributed by atoms with Gasteiger partial charge in [-0.25, -0.2) is 0 Å². The van der Waals surface area contributed by atoms with Gasteiger partial charge in [-0.15, -0.1) is 0 Å². The minimum atomic E-state index is -3.67. The zero-order chi connectivity index (χ0) is 25.0. The summed E-state index contributed by atoms with van der Waals surface area (Å²) in [5.74, 6) is 0.309. The van der Waals surface area contributed by atoms with Gasteiger partial charge in [-0.1, -0.05) is 72.8 Å². The molecule has 0 radical (unpaired) electrons. The Morgan fingerprint density at radius 2 is 1.29 bits per heavy atom. The summed E-state index contributed by atoms with van der Waals surface area (Å²) < 4.78 is 25.9. The van der Waals surface area contributed by atoms with Gasteiger partial charge in [-0.2, -0.15) is 8.42 Å². The fourth-order valence-corrected chi connectivity index (χ4v) is 4.33. The van der Waals surface area contributed by atoms with Crippen LogP contribution in [-0.2, 0) is 23.0 Å². The zero-order valence-electron chi connectivity index (χ0n) is 19.8. The Bertz CT molecular complexity index is 1580. The summed E-state index contributed by atoms with van der Waals surface area (Å²) in [6, 6.07) is 34.0. The van der Waals surface area contributed by atoms with Gasteiger partial charge in [0.2, 0.25) is 0 Å². The van der Waals surface area contributed by atoms with Crippen LogP contribution in [0.2, 0.25) is 0 Å². The fourth-order valence-electron chi connectivity index (χ4n) is 4.33. The SMILES string of the molecule is CS(=O)(=O)O.Cc1ccccc1Cc1c(Cc2ccc(O)cc2)ccc2cc3ccccc3cc12. The second-order valence-electron chi connectivity index (χ2n) is 8.80. The van der Waals surface area contributed by atoms with Gasteiger partial charge in [-0.3, -0.25) is 4.55 Å². The number of rotatable bonds is 4. The molecule has 0 saturated carbocycles. The van der Waals surface area contributed by atoms with Gasteiger partial charge in [0.05, 0.1) is 6.26 Å². The smallest absolute Gasteiger partial charge is 0.261 e. The molecule has 0 fully saturated rings. The zero-order valence-corrected chi connectivity index (χ0v) is 20.6. The minimum absolute atomic E-state index is 0.309. The van der Waals surface area contributed by atoms with E-state index in [0.717, 1.165) is 12.8 Å². The average molecular weight is 485 g/mol. The average Bonchev–Trinajstić information content (AvgIpc) is 2.81. The highest BCUT2D eigenvalue weighted by molar-refractivity contribution is 7.85. The molecule has 4 nitrogen and oxygen atoms in total. The maximum absolute atomic E-state index is 9.64. The molecule has 5 aromatic rings. The maximum Gasteiger partial charge on any atom is 0.261 e. The van der Waals surface area contributed by atoms with Crippen LogP contribution in [-0.4, -0.2) is 24.3 Å². The van der Waals surface area contributed by atoms with E-state index >= 15 is 0 Å². The molecule has 2 N–H and O–H groups in total. The first kappa shape index (κ1) is 24.5. The third kappa shape index (κ3) is 6.47. The summed E-state index contributed by atoms with van der Waals surface area (Å²) in [5.41, 5.74) is 6.63. The van der Waals surface area contributed by atoms with Gasteiger partial charge >= 0.3 is 0 Å². The summed E-state index contributed by atoms with van der Waals surface area (Å²) in [7, 11) is -3.67. The molecular weight excluding hydrogens is 456 g/mol. The Balaban J connectivity index is 0.000000527. The van der Waals surface area contributed by atoms with E-state index < -0.39 is 10.1 Å². The van der Waals surface area contributed by atoms with Gasteiger partial charge in [0.1, 0.15) is 5.75 Å². The van der Waals surface area contributed by atoms with E-state index in [1.165, 1.54) is 49.4 Å². The molecule has 5 aromatic carbocycles. The molecule has 178 valence electrons. The Kier molecular flexibility index (Phi) is 7.20. The van der Waals surface area contributed by atoms with E-state index in [1.807, 2.05) is 12.1 Å². The molecule has 0 atom stereocenters. The molecule has 0 aromatic heterocycles. The number of aromatic hydroxyl groups is 1. The molecule has 0 amide bonds. The van der Waals surface area contributed by atoms with Crippen molar-refractivity contribution in [2.75, 3.05) is 6.26 Å². The van der Waals surface area contributed by atoms with Crippen LogP contribution in [0.3, 0.4) is 0 Å². The van der Waals surface area contributed by atoms with E-state index in [9.17, 15) is 13.5 Å². The van der Waals surface area contributed by atoms with Crippen LogP contribution in [0.1, 0.15) is 27.8 Å². The number of fused-ring (bicyclic) bond motifs is 2. The molecule has 0 aliphatic heterocycles. The lowest BCUT2D eigenvalue weighted by Crippen LogP contribution is -2.00. The predicted molar refractivity (Wildman–Crippen MR) is 144 cm³/mol. The van der Waals surface area contributed by atoms with Crippen molar-refractivity contribution in [3.8, 4) is 5.75 Å². The van der Waals surface area contributed by atoms with Crippen LogP contribution in [0.15, 0.2) is 97.1 Å². The summed E-state index contributed by atoms with van der Waals surface area (Å²) in [4.78, 5) is 0. The molecule has 35 heavy (non-hydrogen) atoms. The van der Waals surface area contributed by atoms with Crippen molar-refractivity contribution >= 4 is 31.7 Å². The number of hydrogen-bond acceptors (Lipinski definition) is 3. The van der Waals surface area contributed by atoms with Crippen molar-refractivity contribution in [3.05, 3.63) is 125 Å². The quantitative estimate of drug-likeness (QED) is 0.220. The first-order chi connectivity index (χ1) is 16.7. The third-order valence-electron chi connectivity index (χ3n) is 6.05. The van der Waals surface area contributed by atoms with E-state index in [0.29, 0.717) is 12.0 Å². The first-order valence-corrected chi connectivity index (χ1v) is 13.2. The number of phenolic OH excluding ortho intramolecular Hbond substituents is 1. The molecule has 0 unspecified atom stereocenters. The second kappa shape index (κ2) is 10.3. The van der Waals surface area contributed by atoms with Crippen molar-refractivity contribution in [1.29, 1.82) is 0 Å². The van der Waals surface area contributed by atoms with Crippen LogP contribution < -0.4 is 0 Å². The standard InChI is InChI=1S/C29H24O.CH4O3S/c1-20-6-2-3-7-22(20)18-28-25(16-21-10-14-27(30)15-11-21)12-13-26-17-23-8-4-5-9-24(23)19-29(26)28;1-5(2,3)4/h2-15,17,19,30H,16,18H2,1H3;1H3,(H,2,3,4). The van der Waals surface area contributed by atoms with Gasteiger partial charge in [-0.05, 0) is 93.4 Å². The largest absolute Gasteiger partial charge is 0.508 e. The molecule has 0 aliphatic carbocycles. The van der Waals surface area contributed by atoms with Crippen molar-refractivity contribution in [2.24, 2.45) is 0 Å². The molecule has 0 saturated heterocycles. The summed E-state index contributed by atoms with van der Waals surface area (Å²) in [6.07, 6.45) is 2.48. The van der Waals surface area contributed by atoms with Crippen LogP contribution in [0.25, 0.3) is 21.5 Å². The van der Waals surface area contributed by atoms with Crippen LogP contribution in [0, 0.1) is 6.92 Å². The van der Waals surface area contributed by atoms with Gasteiger partial charge in [0.15, 0.2) is 0 Å². The predicted octanol–water partition coefficient (Wildman–Crippen LogP) is 6.69. The lowest BCUT2D eigenvalue weighted by Gasteiger charge is -2.16. The Morgan fingerprint density at radius 1 is 0.686 bits per heavy atom. The van der Waals surface area contributed by atoms with Gasteiger partial charge < -0.3 is 5.11 Å². The number of benzene rings is 5. The van der Waals surface area contributed by atoms with Crippen LogP contribution in [0.5, 0.6) is 5.75 Å². The van der Waals surface area contributed by atoms with Crippen molar-refractivity contribution in [1.82, 2.24) is 0 Å². The minimum Gasteiger partial charge on any atom is -0.508 e. The second-order valence-corrected chi connectivity index (χ2v) is 10.3. The number of phenols is 1. The normalized spacial score (nSPS) is 11.3. The fraction of sp³-hybridized carbons (Fsp3) is 0.133.